The Kier molecular flexibility index (Phi) is 6.32. The SMILES string of the molecule is CCC(C)(CC(C)(CC(C)(C)c1ccccc1)c1ccccc1)c1ccccc1. The van der Waals surface area contributed by atoms with Crippen LogP contribution < -0.4 is 0 Å². The number of benzene rings is 3. The minimum Gasteiger partial charge on any atom is -0.0645 e. The minimum atomic E-state index is 0.0706. The van der Waals surface area contributed by atoms with Crippen LogP contribution in [-0.4, -0.2) is 0 Å². The molecule has 0 saturated carbocycles. The van der Waals surface area contributed by atoms with Crippen LogP contribution in [0.4, 0.5) is 0 Å². The van der Waals surface area contributed by atoms with E-state index in [-0.39, 0.29) is 16.2 Å². The summed E-state index contributed by atoms with van der Waals surface area (Å²) in [7, 11) is 0. The van der Waals surface area contributed by atoms with E-state index in [1.165, 1.54) is 16.7 Å². The third-order valence-corrected chi connectivity index (χ3v) is 6.89. The first-order chi connectivity index (χ1) is 13.8. The monoisotopic (exact) mass is 384 g/mol. The van der Waals surface area contributed by atoms with Crippen molar-refractivity contribution in [2.45, 2.75) is 70.1 Å². The van der Waals surface area contributed by atoms with Gasteiger partial charge in [0.05, 0.1) is 0 Å². The summed E-state index contributed by atoms with van der Waals surface area (Å²) >= 11 is 0. The molecular formula is C29H36. The quantitative estimate of drug-likeness (QED) is 0.368. The lowest BCUT2D eigenvalue weighted by atomic mass is 9.60. The topological polar surface area (TPSA) is 0 Å². The molecule has 0 amide bonds. The summed E-state index contributed by atoms with van der Waals surface area (Å²) in [4.78, 5) is 0. The lowest BCUT2D eigenvalue weighted by molar-refractivity contribution is 0.241. The van der Waals surface area contributed by atoms with Gasteiger partial charge in [-0.15, -0.1) is 0 Å². The summed E-state index contributed by atoms with van der Waals surface area (Å²) in [6.45, 7) is 12.0. The first-order valence-corrected chi connectivity index (χ1v) is 11.0. The lowest BCUT2D eigenvalue weighted by Gasteiger charge is -2.44. The second-order valence-corrected chi connectivity index (χ2v) is 9.81. The third kappa shape index (κ3) is 4.81. The molecule has 3 rings (SSSR count). The molecule has 0 spiro atoms. The highest BCUT2D eigenvalue weighted by Gasteiger charge is 2.40. The average molecular weight is 385 g/mol. The summed E-state index contributed by atoms with van der Waals surface area (Å²) in [6.07, 6.45) is 3.36. The van der Waals surface area contributed by atoms with Crippen LogP contribution >= 0.6 is 0 Å². The molecule has 0 fully saturated rings. The van der Waals surface area contributed by atoms with E-state index in [9.17, 15) is 0 Å². The third-order valence-electron chi connectivity index (χ3n) is 6.89. The molecule has 3 aromatic carbocycles. The van der Waals surface area contributed by atoms with Crippen LogP contribution in [0, 0.1) is 0 Å². The predicted molar refractivity (Wildman–Crippen MR) is 127 cm³/mol. The molecule has 0 bridgehead atoms. The summed E-state index contributed by atoms with van der Waals surface area (Å²) in [6, 6.07) is 33.2. The van der Waals surface area contributed by atoms with Crippen molar-refractivity contribution in [3.8, 4) is 0 Å². The summed E-state index contributed by atoms with van der Waals surface area (Å²) in [5.74, 6) is 0. The van der Waals surface area contributed by atoms with Crippen molar-refractivity contribution in [1.82, 2.24) is 0 Å². The van der Waals surface area contributed by atoms with Gasteiger partial charge in [-0.1, -0.05) is 126 Å². The van der Waals surface area contributed by atoms with Crippen molar-refractivity contribution in [1.29, 1.82) is 0 Å². The van der Waals surface area contributed by atoms with Crippen LogP contribution in [0.15, 0.2) is 91.0 Å². The molecule has 0 aliphatic rings. The van der Waals surface area contributed by atoms with E-state index in [4.69, 9.17) is 0 Å². The Morgan fingerprint density at radius 1 is 0.483 bits per heavy atom. The Bertz CT molecular complexity index is 879. The molecule has 0 nitrogen and oxygen atoms in total. The van der Waals surface area contributed by atoms with Crippen molar-refractivity contribution in [2.75, 3.05) is 0 Å². The van der Waals surface area contributed by atoms with E-state index in [0.29, 0.717) is 0 Å². The maximum atomic E-state index is 2.48. The largest absolute Gasteiger partial charge is 0.0645 e. The molecular weight excluding hydrogens is 348 g/mol. The van der Waals surface area contributed by atoms with Gasteiger partial charge in [0.25, 0.3) is 0 Å². The number of hydrogen-bond donors (Lipinski definition) is 0. The summed E-state index contributed by atoms with van der Waals surface area (Å²) < 4.78 is 0. The Labute approximate surface area is 178 Å². The Hall–Kier alpha value is -2.34. The van der Waals surface area contributed by atoms with Crippen molar-refractivity contribution in [2.24, 2.45) is 0 Å². The zero-order valence-corrected chi connectivity index (χ0v) is 18.8. The highest BCUT2D eigenvalue weighted by atomic mass is 14.4. The van der Waals surface area contributed by atoms with Crippen LogP contribution in [-0.2, 0) is 16.2 Å². The molecule has 0 heterocycles. The smallest absolute Gasteiger partial charge is 0.00586 e. The summed E-state index contributed by atoms with van der Waals surface area (Å²) in [5, 5.41) is 0. The molecule has 0 aliphatic heterocycles. The Morgan fingerprint density at radius 3 is 1.28 bits per heavy atom. The molecule has 29 heavy (non-hydrogen) atoms. The van der Waals surface area contributed by atoms with Gasteiger partial charge in [0, 0.05) is 0 Å². The molecule has 3 aromatic rings. The predicted octanol–water partition coefficient (Wildman–Crippen LogP) is 8.07. The van der Waals surface area contributed by atoms with Gasteiger partial charge >= 0.3 is 0 Å². The molecule has 0 aromatic heterocycles. The fraction of sp³-hybridized carbons (Fsp3) is 0.379. The molecule has 0 radical (unpaired) electrons. The maximum Gasteiger partial charge on any atom is -0.00586 e. The molecule has 152 valence electrons. The highest BCUT2D eigenvalue weighted by Crippen LogP contribution is 2.47. The van der Waals surface area contributed by atoms with Gasteiger partial charge in [-0.2, -0.15) is 0 Å². The van der Waals surface area contributed by atoms with Gasteiger partial charge < -0.3 is 0 Å². The first-order valence-electron chi connectivity index (χ1n) is 11.0. The number of hydrogen-bond acceptors (Lipinski definition) is 0. The molecule has 0 aliphatic carbocycles. The van der Waals surface area contributed by atoms with E-state index in [1.807, 2.05) is 0 Å². The average Bonchev–Trinajstić information content (AvgIpc) is 2.75. The van der Waals surface area contributed by atoms with Crippen molar-refractivity contribution in [3.05, 3.63) is 108 Å². The zero-order valence-electron chi connectivity index (χ0n) is 18.8. The van der Waals surface area contributed by atoms with Crippen LogP contribution in [0.5, 0.6) is 0 Å². The van der Waals surface area contributed by atoms with Gasteiger partial charge in [-0.05, 0) is 52.2 Å². The first kappa shape index (κ1) is 21.4. The normalized spacial score (nSPS) is 16.0. The van der Waals surface area contributed by atoms with Crippen molar-refractivity contribution in [3.63, 3.8) is 0 Å². The second kappa shape index (κ2) is 8.57. The van der Waals surface area contributed by atoms with Gasteiger partial charge in [0.2, 0.25) is 0 Å². The highest BCUT2D eigenvalue weighted by molar-refractivity contribution is 5.33. The van der Waals surface area contributed by atoms with Gasteiger partial charge in [0.1, 0.15) is 0 Å². The van der Waals surface area contributed by atoms with Crippen molar-refractivity contribution < 1.29 is 0 Å². The van der Waals surface area contributed by atoms with E-state index in [1.54, 1.807) is 0 Å². The Balaban J connectivity index is 2.03. The second-order valence-electron chi connectivity index (χ2n) is 9.81. The van der Waals surface area contributed by atoms with Crippen LogP contribution in [0.25, 0.3) is 0 Å². The molecule has 0 heteroatoms. The number of rotatable bonds is 8. The fourth-order valence-electron chi connectivity index (χ4n) is 5.21. The minimum absolute atomic E-state index is 0.0706. The van der Waals surface area contributed by atoms with E-state index in [2.05, 4.69) is 126 Å². The summed E-state index contributed by atoms with van der Waals surface area (Å²) in [5.41, 5.74) is 4.61. The van der Waals surface area contributed by atoms with Gasteiger partial charge in [0.15, 0.2) is 0 Å². The fourth-order valence-corrected chi connectivity index (χ4v) is 5.21. The van der Waals surface area contributed by atoms with E-state index < -0.39 is 0 Å². The van der Waals surface area contributed by atoms with E-state index in [0.717, 1.165) is 19.3 Å². The van der Waals surface area contributed by atoms with Gasteiger partial charge in [-0.3, -0.25) is 0 Å². The van der Waals surface area contributed by atoms with Crippen LogP contribution in [0.3, 0.4) is 0 Å². The molecule has 2 unspecified atom stereocenters. The molecule has 2 atom stereocenters. The molecule has 0 N–H and O–H groups in total. The maximum absolute atomic E-state index is 2.48. The van der Waals surface area contributed by atoms with Crippen molar-refractivity contribution >= 4 is 0 Å². The van der Waals surface area contributed by atoms with E-state index >= 15 is 0 Å². The zero-order chi connectivity index (χ0) is 21.0. The van der Waals surface area contributed by atoms with Crippen LogP contribution in [0.2, 0.25) is 0 Å². The van der Waals surface area contributed by atoms with Crippen LogP contribution in [0.1, 0.15) is 70.6 Å². The Morgan fingerprint density at radius 2 is 0.862 bits per heavy atom. The van der Waals surface area contributed by atoms with Gasteiger partial charge in [-0.25, -0.2) is 0 Å². The lowest BCUT2D eigenvalue weighted by Crippen LogP contribution is -2.38. The molecule has 0 saturated heterocycles. The standard InChI is InChI=1S/C29H36/c1-6-28(4,25-18-12-8-13-19-25)23-29(5,26-20-14-9-15-21-26)22-27(2,3)24-16-10-7-11-17-24/h7-21H,6,22-23H2,1-5H3.